The molecule has 0 amide bonds. The Kier molecular flexibility index (Phi) is 7.87. The van der Waals surface area contributed by atoms with Crippen molar-refractivity contribution in [3.05, 3.63) is 139 Å². The summed E-state index contributed by atoms with van der Waals surface area (Å²) >= 11 is 0. The number of non-ortho nitro benzene ring substituents is 2. The zero-order valence-corrected chi connectivity index (χ0v) is 20.1. The molecule has 0 unspecified atom stereocenters. The lowest BCUT2D eigenvalue weighted by atomic mass is 10.2. The van der Waals surface area contributed by atoms with Crippen molar-refractivity contribution in [3.8, 4) is 0 Å². The van der Waals surface area contributed by atoms with E-state index in [4.69, 9.17) is 0 Å². The summed E-state index contributed by atoms with van der Waals surface area (Å²) in [6, 6.07) is 12.3. The predicted octanol–water partition coefficient (Wildman–Crippen LogP) is 4.68. The normalized spacial score (nSPS) is 14.3. The van der Waals surface area contributed by atoms with Crippen LogP contribution in [-0.2, 0) is 19.8 Å². The molecule has 0 saturated heterocycles. The first-order chi connectivity index (χ1) is 17.5. The van der Waals surface area contributed by atoms with Crippen molar-refractivity contribution in [2.24, 2.45) is 9.98 Å². The molecule has 0 saturated carbocycles. The van der Waals surface area contributed by atoms with E-state index < -0.39 is 9.85 Å². The molecule has 36 heavy (non-hydrogen) atoms. The summed E-state index contributed by atoms with van der Waals surface area (Å²) < 4.78 is 0. The predicted molar refractivity (Wildman–Crippen MR) is 148 cm³/mol. The largest absolute Gasteiger partial charge is 0.269 e. The first kappa shape index (κ1) is 24.4. The molecule has 0 heterocycles. The molecule has 10 heteroatoms. The van der Waals surface area contributed by atoms with Gasteiger partial charge in [0.05, 0.1) is 31.0 Å². The molecule has 2 aliphatic carbocycles. The first-order valence-electron chi connectivity index (χ1n) is 10.4. The lowest BCUT2D eigenvalue weighted by molar-refractivity contribution is -0.385. The molecule has 2 aromatic carbocycles. The SMILES string of the molecule is O=[N+]([O-])c1ccc(C=NC2=CC=C=CC2=S=S=C2C=C=CC=C2N=Cc2ccc([N+](=O)[O-])cc2)cc1. The summed E-state index contributed by atoms with van der Waals surface area (Å²) in [5.74, 6) is 0. The lowest BCUT2D eigenvalue weighted by Gasteiger charge is -2.02. The maximum absolute atomic E-state index is 10.8. The fraction of sp³-hybridized carbons (Fsp3) is 0. The molecule has 0 aromatic heterocycles. The van der Waals surface area contributed by atoms with Crippen LogP contribution in [0.4, 0.5) is 11.4 Å². The zero-order valence-electron chi connectivity index (χ0n) is 18.5. The van der Waals surface area contributed by atoms with Crippen molar-refractivity contribution in [1.29, 1.82) is 0 Å². The molecule has 2 aromatic rings. The van der Waals surface area contributed by atoms with E-state index in [1.807, 2.05) is 24.3 Å². The maximum Gasteiger partial charge on any atom is 0.269 e. The van der Waals surface area contributed by atoms with E-state index in [1.54, 1.807) is 48.8 Å². The van der Waals surface area contributed by atoms with Crippen LogP contribution < -0.4 is 0 Å². The zero-order chi connectivity index (χ0) is 25.3. The smallest absolute Gasteiger partial charge is 0.258 e. The van der Waals surface area contributed by atoms with E-state index in [0.29, 0.717) is 0 Å². The molecule has 0 aliphatic heterocycles. The van der Waals surface area contributed by atoms with Gasteiger partial charge in [-0.3, -0.25) is 30.2 Å². The number of benzene rings is 2. The van der Waals surface area contributed by atoms with Crippen LogP contribution >= 0.6 is 0 Å². The molecule has 0 N–H and O–H groups in total. The Labute approximate surface area is 212 Å². The van der Waals surface area contributed by atoms with E-state index in [9.17, 15) is 20.2 Å². The molecule has 0 fully saturated rings. The van der Waals surface area contributed by atoms with E-state index in [2.05, 4.69) is 21.4 Å². The van der Waals surface area contributed by atoms with E-state index >= 15 is 0 Å². The molecule has 176 valence electrons. The van der Waals surface area contributed by atoms with E-state index in [1.165, 1.54) is 44.1 Å². The van der Waals surface area contributed by atoms with Crippen LogP contribution in [0, 0.1) is 20.2 Å². The van der Waals surface area contributed by atoms with Gasteiger partial charge in [-0.05, 0) is 59.7 Å². The van der Waals surface area contributed by atoms with Gasteiger partial charge in [0, 0.05) is 48.8 Å². The van der Waals surface area contributed by atoms with Crippen LogP contribution in [0.15, 0.2) is 118 Å². The second kappa shape index (κ2) is 11.6. The maximum atomic E-state index is 10.8. The average molecular weight is 513 g/mol. The third-order valence-corrected chi connectivity index (χ3v) is 7.17. The summed E-state index contributed by atoms with van der Waals surface area (Å²) in [6.45, 7) is 0. The fourth-order valence-corrected chi connectivity index (χ4v) is 5.07. The minimum atomic E-state index is -0.439. The lowest BCUT2D eigenvalue weighted by Crippen LogP contribution is -2.01. The molecular formula is C26H16N4O4S2. The Morgan fingerprint density at radius 2 is 1.06 bits per heavy atom. The molecule has 0 atom stereocenters. The standard InChI is InChI=1S/C26H16N4O4S2/c31-29(32)21-13-9-19(10-14-21)17-27-23-5-1-3-7-25(23)35-36-26-8-4-2-6-24(26)28-18-20-11-15-22(16-12-20)30(33)34/h1-2,5-18H. The van der Waals surface area contributed by atoms with Crippen molar-refractivity contribution in [2.75, 3.05) is 0 Å². The van der Waals surface area contributed by atoms with Gasteiger partial charge in [-0.15, -0.1) is 11.5 Å². The molecule has 2 aliphatic rings. The second-order valence-corrected chi connectivity index (χ2v) is 9.38. The first-order valence-corrected chi connectivity index (χ1v) is 12.6. The van der Waals surface area contributed by atoms with Gasteiger partial charge >= 0.3 is 0 Å². The number of rotatable bonds is 6. The highest BCUT2D eigenvalue weighted by Gasteiger charge is 2.06. The van der Waals surface area contributed by atoms with Crippen molar-refractivity contribution in [2.45, 2.75) is 0 Å². The van der Waals surface area contributed by atoms with Gasteiger partial charge in [-0.25, -0.2) is 0 Å². The Morgan fingerprint density at radius 3 is 1.42 bits per heavy atom. The van der Waals surface area contributed by atoms with Gasteiger partial charge in [0.2, 0.25) is 0 Å². The summed E-state index contributed by atoms with van der Waals surface area (Å²) in [7, 11) is 2.99. The van der Waals surface area contributed by atoms with Gasteiger partial charge in [0.25, 0.3) is 11.4 Å². The summed E-state index contributed by atoms with van der Waals surface area (Å²) in [5.41, 5.74) is 9.15. The number of nitro benzene ring substituents is 2. The third kappa shape index (κ3) is 6.44. The van der Waals surface area contributed by atoms with E-state index in [-0.39, 0.29) is 11.4 Å². The van der Waals surface area contributed by atoms with Gasteiger partial charge < -0.3 is 0 Å². The minimum Gasteiger partial charge on any atom is -0.258 e. The van der Waals surface area contributed by atoms with Crippen molar-refractivity contribution < 1.29 is 9.85 Å². The minimum absolute atomic E-state index is 0.0285. The molecule has 4 rings (SSSR count). The number of hydrogen-bond acceptors (Lipinski definition) is 6. The highest BCUT2D eigenvalue weighted by atomic mass is 32.8. The van der Waals surface area contributed by atoms with Crippen molar-refractivity contribution in [3.63, 3.8) is 0 Å². The number of nitrogens with zero attached hydrogens (tertiary/aromatic N) is 4. The Hall–Kier alpha value is -4.72. The topological polar surface area (TPSA) is 111 Å². The van der Waals surface area contributed by atoms with E-state index in [0.717, 1.165) is 32.3 Å². The van der Waals surface area contributed by atoms with Crippen LogP contribution in [-0.4, -0.2) is 32.0 Å². The van der Waals surface area contributed by atoms with Crippen LogP contribution in [0.5, 0.6) is 0 Å². The van der Waals surface area contributed by atoms with Crippen LogP contribution in [0.3, 0.4) is 0 Å². The van der Waals surface area contributed by atoms with Crippen LogP contribution in [0.1, 0.15) is 11.1 Å². The highest BCUT2D eigenvalue weighted by Crippen LogP contribution is 2.13. The average Bonchev–Trinajstić information content (AvgIpc) is 2.91. The Morgan fingerprint density at radius 1 is 0.667 bits per heavy atom. The van der Waals surface area contributed by atoms with Gasteiger partial charge in [-0.2, -0.15) is 0 Å². The van der Waals surface area contributed by atoms with Crippen molar-refractivity contribution in [1.82, 2.24) is 0 Å². The molecule has 0 spiro atoms. The summed E-state index contributed by atoms with van der Waals surface area (Å²) in [5, 5.41) is 21.7. The summed E-state index contributed by atoms with van der Waals surface area (Å²) in [6.07, 6.45) is 14.2. The third-order valence-electron chi connectivity index (χ3n) is 4.74. The number of aliphatic imine (C=N–C) groups is 2. The number of hydrogen-bond donors (Lipinski definition) is 0. The van der Waals surface area contributed by atoms with Crippen LogP contribution in [0.25, 0.3) is 0 Å². The van der Waals surface area contributed by atoms with Gasteiger partial charge in [0.1, 0.15) is 0 Å². The number of allylic oxidation sites excluding steroid dienone is 4. The van der Waals surface area contributed by atoms with Gasteiger partial charge in [-0.1, -0.05) is 19.8 Å². The molecule has 0 radical (unpaired) electrons. The highest BCUT2D eigenvalue weighted by molar-refractivity contribution is 8.25. The quantitative estimate of drug-likeness (QED) is 0.184. The molecular weight excluding hydrogens is 496 g/mol. The van der Waals surface area contributed by atoms with Crippen LogP contribution in [0.2, 0.25) is 0 Å². The van der Waals surface area contributed by atoms with Gasteiger partial charge in [0.15, 0.2) is 0 Å². The fourth-order valence-electron chi connectivity index (χ4n) is 2.90. The second-order valence-electron chi connectivity index (χ2n) is 7.17. The summed E-state index contributed by atoms with van der Waals surface area (Å²) in [4.78, 5) is 31.6. The monoisotopic (exact) mass is 512 g/mol. The molecule has 0 bridgehead atoms. The Bertz CT molecular complexity index is 1480. The molecule has 8 nitrogen and oxygen atoms in total. The Balaban J connectivity index is 1.59. The number of nitro groups is 2. The van der Waals surface area contributed by atoms with Crippen molar-refractivity contribution >= 4 is 53.4 Å².